The molecular weight excluding hydrogens is 322 g/mol. The number of carbonyl (C=O) groups excluding carboxylic acids is 1. The second kappa shape index (κ2) is 6.13. The molecule has 4 heteroatoms. The van der Waals surface area contributed by atoms with Gasteiger partial charge in [0.2, 0.25) is 5.82 Å². The van der Waals surface area contributed by atoms with Crippen LogP contribution in [-0.2, 0) is 18.6 Å². The predicted octanol–water partition coefficient (Wildman–Crippen LogP) is 4.46. The molecule has 0 spiro atoms. The Hall–Kier alpha value is -2.88. The zero-order valence-electron chi connectivity index (χ0n) is 15.4. The van der Waals surface area contributed by atoms with E-state index < -0.39 is 0 Å². The monoisotopic (exact) mass is 345 g/mol. The molecule has 2 heterocycles. The van der Waals surface area contributed by atoms with E-state index in [0.717, 1.165) is 16.8 Å². The van der Waals surface area contributed by atoms with Crippen molar-refractivity contribution in [1.29, 1.82) is 0 Å². The Labute approximate surface area is 154 Å². The lowest BCUT2D eigenvalue weighted by Gasteiger charge is -2.19. The number of benzene rings is 2. The van der Waals surface area contributed by atoms with Crippen molar-refractivity contribution in [3.05, 3.63) is 77.7 Å². The number of imidazole rings is 1. The highest BCUT2D eigenvalue weighted by atomic mass is 16.2. The van der Waals surface area contributed by atoms with Gasteiger partial charge >= 0.3 is 0 Å². The van der Waals surface area contributed by atoms with E-state index in [1.54, 1.807) is 6.20 Å². The maximum absolute atomic E-state index is 12.7. The highest BCUT2D eigenvalue weighted by molar-refractivity contribution is 5.93. The first-order valence-electron chi connectivity index (χ1n) is 8.93. The van der Waals surface area contributed by atoms with Crippen molar-refractivity contribution >= 4 is 5.91 Å². The number of nitrogens with zero attached hydrogens (tertiary/aromatic N) is 3. The van der Waals surface area contributed by atoms with E-state index in [1.165, 1.54) is 5.56 Å². The summed E-state index contributed by atoms with van der Waals surface area (Å²) in [6, 6.07) is 18.6. The minimum atomic E-state index is -0.00795. The van der Waals surface area contributed by atoms with Gasteiger partial charge in [-0.3, -0.25) is 4.79 Å². The fourth-order valence-corrected chi connectivity index (χ4v) is 3.36. The Morgan fingerprint density at radius 3 is 2.35 bits per heavy atom. The second-order valence-electron chi connectivity index (χ2n) is 7.85. The molecule has 0 fully saturated rings. The van der Waals surface area contributed by atoms with Crippen LogP contribution in [0.5, 0.6) is 0 Å². The number of hydrogen-bond acceptors (Lipinski definition) is 2. The minimum absolute atomic E-state index is 0.00795. The number of fused-ring (bicyclic) bond motifs is 1. The van der Waals surface area contributed by atoms with Gasteiger partial charge in [-0.2, -0.15) is 0 Å². The molecule has 1 amide bonds. The summed E-state index contributed by atoms with van der Waals surface area (Å²) in [5.74, 6) is 0.516. The van der Waals surface area contributed by atoms with E-state index in [4.69, 9.17) is 0 Å². The molecule has 1 aromatic heterocycles. The van der Waals surface area contributed by atoms with Crippen molar-refractivity contribution in [3.63, 3.8) is 0 Å². The van der Waals surface area contributed by atoms with Crippen LogP contribution in [0.2, 0.25) is 0 Å². The van der Waals surface area contributed by atoms with Crippen LogP contribution in [0.4, 0.5) is 0 Å². The average Bonchev–Trinajstić information content (AvgIpc) is 3.16. The molecule has 2 aromatic carbocycles. The predicted molar refractivity (Wildman–Crippen MR) is 103 cm³/mol. The Kier molecular flexibility index (Phi) is 3.91. The van der Waals surface area contributed by atoms with Gasteiger partial charge in [-0.25, -0.2) is 4.98 Å². The van der Waals surface area contributed by atoms with Crippen LogP contribution >= 0.6 is 0 Å². The zero-order valence-corrected chi connectivity index (χ0v) is 15.4. The summed E-state index contributed by atoms with van der Waals surface area (Å²) in [4.78, 5) is 18.9. The molecule has 1 aliphatic rings. The van der Waals surface area contributed by atoms with E-state index >= 15 is 0 Å². The molecule has 132 valence electrons. The van der Waals surface area contributed by atoms with Gasteiger partial charge in [0, 0.05) is 6.54 Å². The van der Waals surface area contributed by atoms with E-state index in [2.05, 4.69) is 50.0 Å². The van der Waals surface area contributed by atoms with E-state index in [0.29, 0.717) is 19.0 Å². The zero-order chi connectivity index (χ0) is 18.3. The van der Waals surface area contributed by atoms with E-state index in [9.17, 15) is 4.79 Å². The molecule has 1 aliphatic heterocycles. The van der Waals surface area contributed by atoms with E-state index in [-0.39, 0.29) is 11.3 Å². The molecule has 0 radical (unpaired) electrons. The lowest BCUT2D eigenvalue weighted by atomic mass is 9.86. The summed E-state index contributed by atoms with van der Waals surface area (Å²) in [7, 11) is 0. The van der Waals surface area contributed by atoms with Crippen molar-refractivity contribution in [2.75, 3.05) is 0 Å². The quantitative estimate of drug-likeness (QED) is 0.703. The summed E-state index contributed by atoms with van der Waals surface area (Å²) >= 11 is 0. The number of hydrogen-bond donors (Lipinski definition) is 0. The third kappa shape index (κ3) is 2.92. The summed E-state index contributed by atoms with van der Waals surface area (Å²) in [6.45, 7) is 7.76. The molecule has 0 unspecified atom stereocenters. The average molecular weight is 345 g/mol. The van der Waals surface area contributed by atoms with Gasteiger partial charge in [-0.05, 0) is 22.1 Å². The maximum Gasteiger partial charge on any atom is 0.291 e. The van der Waals surface area contributed by atoms with Crippen LogP contribution in [0.1, 0.15) is 42.5 Å². The molecule has 4 rings (SSSR count). The molecule has 0 bridgehead atoms. The number of amides is 1. The Balaban J connectivity index is 1.60. The molecule has 0 aliphatic carbocycles. The van der Waals surface area contributed by atoms with Gasteiger partial charge in [-0.1, -0.05) is 75.4 Å². The SMILES string of the molecule is CC(C)(C)c1ccc(-c2cnc3n2CN(Cc2ccccc2)C3=O)cc1. The first-order chi connectivity index (χ1) is 12.4. The Bertz CT molecular complexity index is 934. The number of aromatic nitrogens is 2. The smallest absolute Gasteiger partial charge is 0.291 e. The van der Waals surface area contributed by atoms with Crippen LogP contribution in [0.25, 0.3) is 11.3 Å². The van der Waals surface area contributed by atoms with Gasteiger partial charge in [0.15, 0.2) is 0 Å². The Morgan fingerprint density at radius 2 is 1.69 bits per heavy atom. The lowest BCUT2D eigenvalue weighted by molar-refractivity contribution is 0.0753. The fourth-order valence-electron chi connectivity index (χ4n) is 3.36. The standard InChI is InChI=1S/C22H23N3O/c1-22(2,3)18-11-9-17(10-12-18)19-13-23-20-21(26)24(15-25(19)20)14-16-7-5-4-6-8-16/h4-13H,14-15H2,1-3H3. The van der Waals surface area contributed by atoms with Crippen molar-refractivity contribution in [2.24, 2.45) is 0 Å². The molecule has 0 saturated heterocycles. The largest absolute Gasteiger partial charge is 0.313 e. The van der Waals surface area contributed by atoms with Crippen LogP contribution < -0.4 is 0 Å². The van der Waals surface area contributed by atoms with Crippen LogP contribution in [0.15, 0.2) is 60.8 Å². The molecule has 3 aromatic rings. The van der Waals surface area contributed by atoms with Crippen molar-refractivity contribution < 1.29 is 4.79 Å². The molecule has 0 saturated carbocycles. The van der Waals surface area contributed by atoms with Gasteiger partial charge in [-0.15, -0.1) is 0 Å². The number of carbonyl (C=O) groups is 1. The second-order valence-corrected chi connectivity index (χ2v) is 7.85. The van der Waals surface area contributed by atoms with Gasteiger partial charge < -0.3 is 9.47 Å². The first-order valence-corrected chi connectivity index (χ1v) is 8.93. The van der Waals surface area contributed by atoms with E-state index in [1.807, 2.05) is 39.8 Å². The summed E-state index contributed by atoms with van der Waals surface area (Å²) < 4.78 is 2.01. The summed E-state index contributed by atoms with van der Waals surface area (Å²) in [6.07, 6.45) is 1.80. The Morgan fingerprint density at radius 1 is 1.00 bits per heavy atom. The highest BCUT2D eigenvalue weighted by Gasteiger charge is 2.31. The fraction of sp³-hybridized carbons (Fsp3) is 0.273. The van der Waals surface area contributed by atoms with Gasteiger partial charge in [0.1, 0.15) is 6.67 Å². The van der Waals surface area contributed by atoms with Crippen molar-refractivity contribution in [1.82, 2.24) is 14.5 Å². The third-order valence-electron chi connectivity index (χ3n) is 4.91. The normalized spacial score (nSPS) is 14.0. The van der Waals surface area contributed by atoms with Crippen LogP contribution in [0.3, 0.4) is 0 Å². The molecule has 0 N–H and O–H groups in total. The third-order valence-corrected chi connectivity index (χ3v) is 4.91. The number of rotatable bonds is 3. The van der Waals surface area contributed by atoms with Crippen molar-refractivity contribution in [3.8, 4) is 11.3 Å². The lowest BCUT2D eigenvalue weighted by Crippen LogP contribution is -2.24. The topological polar surface area (TPSA) is 38.1 Å². The van der Waals surface area contributed by atoms with Crippen molar-refractivity contribution in [2.45, 2.75) is 39.4 Å². The molecule has 26 heavy (non-hydrogen) atoms. The van der Waals surface area contributed by atoms with Gasteiger partial charge in [0.05, 0.1) is 11.9 Å². The molecular formula is C22H23N3O. The maximum atomic E-state index is 12.7. The molecule has 4 nitrogen and oxygen atoms in total. The molecule has 0 atom stereocenters. The minimum Gasteiger partial charge on any atom is -0.313 e. The summed E-state index contributed by atoms with van der Waals surface area (Å²) in [5, 5.41) is 0. The van der Waals surface area contributed by atoms with Crippen LogP contribution in [-0.4, -0.2) is 20.4 Å². The highest BCUT2D eigenvalue weighted by Crippen LogP contribution is 2.29. The first kappa shape index (κ1) is 16.6. The van der Waals surface area contributed by atoms with Gasteiger partial charge in [0.25, 0.3) is 5.91 Å². The van der Waals surface area contributed by atoms with Crippen LogP contribution in [0, 0.1) is 0 Å². The summed E-state index contributed by atoms with van der Waals surface area (Å²) in [5.41, 5.74) is 4.63.